The molecule has 0 aliphatic heterocycles. The number of alkyl halides is 6. The maximum absolute atomic E-state index is 13.5. The predicted octanol–water partition coefficient (Wildman–Crippen LogP) is 3.02. The molecule has 0 radical (unpaired) electrons. The third-order valence-corrected chi connectivity index (χ3v) is 6.07. The number of hydrogen-bond acceptors (Lipinski definition) is 6. The van der Waals surface area contributed by atoms with Gasteiger partial charge in [0.25, 0.3) is 0 Å². The van der Waals surface area contributed by atoms with Gasteiger partial charge in [-0.3, -0.25) is 9.36 Å². The highest BCUT2D eigenvalue weighted by atomic mass is 35.5. The van der Waals surface area contributed by atoms with E-state index in [9.17, 15) is 41.0 Å². The molecule has 0 saturated heterocycles. The quantitative estimate of drug-likeness (QED) is 0.283. The van der Waals surface area contributed by atoms with E-state index in [1.165, 1.54) is 42.5 Å². The Kier molecular flexibility index (Phi) is 8.26. The number of amides is 1. The van der Waals surface area contributed by atoms with Gasteiger partial charge in [-0.2, -0.15) is 31.4 Å². The van der Waals surface area contributed by atoms with Crippen molar-refractivity contribution >= 4 is 17.5 Å². The first-order chi connectivity index (χ1) is 19.1. The standard InChI is InChI=1S/C24H20ClF6N7O3/c25-15-7-5-13(6-8-15)21-35-38(22(41)36(21)10-17(39)24(29,30)31)12-19-33-20(37(34-19)11-18(32)40)9-14-3-1-2-4-16(14)23(26,27)28/h1-8,17,39H,9-12H2,(H2,32,40). The molecule has 0 aliphatic rings. The first-order valence-electron chi connectivity index (χ1n) is 11.7. The number of benzene rings is 2. The zero-order valence-corrected chi connectivity index (χ0v) is 21.5. The van der Waals surface area contributed by atoms with Gasteiger partial charge in [-0.25, -0.2) is 19.1 Å². The van der Waals surface area contributed by atoms with E-state index in [0.717, 1.165) is 15.4 Å². The number of hydrogen-bond donors (Lipinski definition) is 2. The van der Waals surface area contributed by atoms with Crippen molar-refractivity contribution in [2.24, 2.45) is 5.73 Å². The lowest BCUT2D eigenvalue weighted by Gasteiger charge is -2.15. The van der Waals surface area contributed by atoms with Crippen LogP contribution in [-0.4, -0.2) is 52.4 Å². The summed E-state index contributed by atoms with van der Waals surface area (Å²) in [6, 6.07) is 10.4. The summed E-state index contributed by atoms with van der Waals surface area (Å²) in [5.41, 5.74) is 3.29. The largest absolute Gasteiger partial charge is 0.416 e. The molecular weight excluding hydrogens is 584 g/mol. The molecule has 2 aromatic heterocycles. The number of aliphatic hydroxyl groups excluding tert-OH is 1. The average Bonchev–Trinajstić information content (AvgIpc) is 3.38. The van der Waals surface area contributed by atoms with Gasteiger partial charge in [-0.15, -0.1) is 5.10 Å². The smallest absolute Gasteiger partial charge is 0.382 e. The lowest BCUT2D eigenvalue weighted by atomic mass is 10.0. The molecule has 41 heavy (non-hydrogen) atoms. The topological polar surface area (TPSA) is 134 Å². The summed E-state index contributed by atoms with van der Waals surface area (Å²) in [5.74, 6) is -1.38. The fraction of sp³-hybridized carbons (Fsp3) is 0.292. The van der Waals surface area contributed by atoms with E-state index in [0.29, 0.717) is 9.59 Å². The maximum Gasteiger partial charge on any atom is 0.416 e. The number of primary amides is 1. The van der Waals surface area contributed by atoms with Crippen LogP contribution in [0.15, 0.2) is 53.3 Å². The van der Waals surface area contributed by atoms with Crippen LogP contribution in [0.5, 0.6) is 0 Å². The molecule has 0 aliphatic carbocycles. The van der Waals surface area contributed by atoms with Crippen molar-refractivity contribution in [3.05, 3.63) is 86.8 Å². The minimum absolute atomic E-state index is 0.0894. The number of rotatable bonds is 9. The van der Waals surface area contributed by atoms with Gasteiger partial charge in [0.2, 0.25) is 5.91 Å². The van der Waals surface area contributed by atoms with Crippen LogP contribution in [0, 0.1) is 0 Å². The molecular formula is C24H20ClF6N7O3. The van der Waals surface area contributed by atoms with E-state index in [-0.39, 0.29) is 28.6 Å². The molecule has 17 heteroatoms. The Hall–Kier alpha value is -4.18. The molecule has 4 aromatic rings. The first-order valence-corrected chi connectivity index (χ1v) is 12.1. The highest BCUT2D eigenvalue weighted by Crippen LogP contribution is 2.32. The molecule has 1 amide bonds. The second-order valence-corrected chi connectivity index (χ2v) is 9.28. The molecule has 0 fully saturated rings. The Morgan fingerprint density at radius 2 is 1.66 bits per heavy atom. The number of nitrogens with zero attached hydrogens (tertiary/aromatic N) is 6. The molecule has 0 bridgehead atoms. The number of aromatic nitrogens is 6. The Balaban J connectivity index is 1.74. The van der Waals surface area contributed by atoms with Crippen LogP contribution in [0.4, 0.5) is 26.3 Å². The lowest BCUT2D eigenvalue weighted by Crippen LogP contribution is -2.37. The van der Waals surface area contributed by atoms with Crippen molar-refractivity contribution in [2.75, 3.05) is 0 Å². The molecule has 3 N–H and O–H groups in total. The monoisotopic (exact) mass is 603 g/mol. The summed E-state index contributed by atoms with van der Waals surface area (Å²) in [5, 5.41) is 18.1. The van der Waals surface area contributed by atoms with Crippen molar-refractivity contribution in [3.8, 4) is 11.4 Å². The van der Waals surface area contributed by atoms with E-state index in [2.05, 4.69) is 15.2 Å². The summed E-state index contributed by atoms with van der Waals surface area (Å²) in [4.78, 5) is 28.9. The van der Waals surface area contributed by atoms with Crippen LogP contribution in [-0.2, 0) is 37.0 Å². The van der Waals surface area contributed by atoms with E-state index >= 15 is 0 Å². The molecule has 218 valence electrons. The summed E-state index contributed by atoms with van der Waals surface area (Å²) in [7, 11) is 0. The van der Waals surface area contributed by atoms with Crippen LogP contribution in [0.25, 0.3) is 11.4 Å². The fourth-order valence-electron chi connectivity index (χ4n) is 3.95. The fourth-order valence-corrected chi connectivity index (χ4v) is 4.08. The van der Waals surface area contributed by atoms with Gasteiger partial charge in [0, 0.05) is 17.0 Å². The van der Waals surface area contributed by atoms with Crippen LogP contribution < -0.4 is 11.4 Å². The van der Waals surface area contributed by atoms with Gasteiger partial charge < -0.3 is 10.8 Å². The highest BCUT2D eigenvalue weighted by Gasteiger charge is 2.39. The van der Waals surface area contributed by atoms with Crippen molar-refractivity contribution in [2.45, 2.75) is 44.5 Å². The summed E-state index contributed by atoms with van der Waals surface area (Å²) in [6.07, 6.45) is -13.0. The van der Waals surface area contributed by atoms with Crippen LogP contribution >= 0.6 is 11.6 Å². The van der Waals surface area contributed by atoms with Crippen LogP contribution in [0.3, 0.4) is 0 Å². The molecule has 0 spiro atoms. The Labute approximate surface area is 231 Å². The number of aliphatic hydroxyl groups is 1. The second-order valence-electron chi connectivity index (χ2n) is 8.84. The molecule has 1 atom stereocenters. The summed E-state index contributed by atoms with van der Waals surface area (Å²) >= 11 is 5.88. The van der Waals surface area contributed by atoms with E-state index < -0.39 is 61.7 Å². The zero-order valence-electron chi connectivity index (χ0n) is 20.7. The first kappa shape index (κ1) is 29.8. The minimum atomic E-state index is -5.03. The number of halogens is 7. The molecule has 2 aromatic carbocycles. The van der Waals surface area contributed by atoms with Gasteiger partial charge in [0.05, 0.1) is 12.1 Å². The molecule has 0 saturated carbocycles. The number of carbonyl (C=O) groups excluding carboxylic acids is 1. The van der Waals surface area contributed by atoms with Crippen molar-refractivity contribution < 1.29 is 36.2 Å². The Bertz CT molecular complexity index is 1610. The van der Waals surface area contributed by atoms with Crippen molar-refractivity contribution in [1.29, 1.82) is 0 Å². The average molecular weight is 604 g/mol. The van der Waals surface area contributed by atoms with Gasteiger partial charge in [-0.1, -0.05) is 29.8 Å². The lowest BCUT2D eigenvalue weighted by molar-refractivity contribution is -0.207. The SMILES string of the molecule is NC(=O)Cn1nc(Cn2nc(-c3ccc(Cl)cc3)n(CC(O)C(F)(F)F)c2=O)nc1Cc1ccccc1C(F)(F)F. The second kappa shape index (κ2) is 11.4. The third-order valence-electron chi connectivity index (χ3n) is 5.82. The van der Waals surface area contributed by atoms with Crippen LogP contribution in [0.2, 0.25) is 5.02 Å². The predicted molar refractivity (Wildman–Crippen MR) is 132 cm³/mol. The maximum atomic E-state index is 13.5. The van der Waals surface area contributed by atoms with Gasteiger partial charge in [-0.05, 0) is 35.9 Å². The number of nitrogens with two attached hydrogens (primary N) is 1. The molecule has 2 heterocycles. The van der Waals surface area contributed by atoms with Gasteiger partial charge in [0.15, 0.2) is 17.8 Å². The van der Waals surface area contributed by atoms with Gasteiger partial charge in [0.1, 0.15) is 18.9 Å². The summed E-state index contributed by atoms with van der Waals surface area (Å²) in [6.45, 7) is -2.26. The normalized spacial score (nSPS) is 13.0. The van der Waals surface area contributed by atoms with E-state index in [1.807, 2.05) is 0 Å². The van der Waals surface area contributed by atoms with E-state index in [4.69, 9.17) is 17.3 Å². The molecule has 4 rings (SSSR count). The van der Waals surface area contributed by atoms with E-state index in [1.54, 1.807) is 0 Å². The Morgan fingerprint density at radius 1 is 1.00 bits per heavy atom. The third kappa shape index (κ3) is 6.94. The van der Waals surface area contributed by atoms with Gasteiger partial charge >= 0.3 is 18.0 Å². The van der Waals surface area contributed by atoms with Crippen molar-refractivity contribution in [1.82, 2.24) is 29.1 Å². The number of carbonyl (C=O) groups is 1. The Morgan fingerprint density at radius 3 is 2.27 bits per heavy atom. The van der Waals surface area contributed by atoms with Crippen molar-refractivity contribution in [3.63, 3.8) is 0 Å². The zero-order chi connectivity index (χ0) is 30.1. The minimum Gasteiger partial charge on any atom is -0.382 e. The molecule has 10 nitrogen and oxygen atoms in total. The highest BCUT2D eigenvalue weighted by molar-refractivity contribution is 6.30. The summed E-state index contributed by atoms with van der Waals surface area (Å²) < 4.78 is 82.1. The molecule has 1 unspecified atom stereocenters. The van der Waals surface area contributed by atoms with Crippen LogP contribution in [0.1, 0.15) is 22.8 Å².